The molecule has 1 aliphatic rings. The zero-order valence-electron chi connectivity index (χ0n) is 12.5. The van der Waals surface area contributed by atoms with E-state index in [0.717, 1.165) is 36.6 Å². The highest BCUT2D eigenvalue weighted by Gasteiger charge is 2.19. The number of hydrogen-bond donors (Lipinski definition) is 1. The van der Waals surface area contributed by atoms with E-state index < -0.39 is 0 Å². The lowest BCUT2D eigenvalue weighted by atomic mass is 9.90. The summed E-state index contributed by atoms with van der Waals surface area (Å²) in [6.45, 7) is 6.26. The highest BCUT2D eigenvalue weighted by Crippen LogP contribution is 2.37. The number of nitrogens with one attached hydrogen (secondary N) is 1. The number of hydrogen-bond acceptors (Lipinski definition) is 3. The first-order chi connectivity index (χ1) is 9.60. The van der Waals surface area contributed by atoms with E-state index in [1.54, 1.807) is 7.11 Å². The Morgan fingerprint density at radius 3 is 2.60 bits per heavy atom. The predicted molar refractivity (Wildman–Crippen MR) is 83.1 cm³/mol. The molecule has 0 spiro atoms. The summed E-state index contributed by atoms with van der Waals surface area (Å²) in [4.78, 5) is 0. The zero-order chi connectivity index (χ0) is 14.5. The molecule has 1 N–H and O–H groups in total. The smallest absolute Gasteiger partial charge is 0.164 e. The largest absolute Gasteiger partial charge is 0.493 e. The van der Waals surface area contributed by atoms with Crippen LogP contribution in [0.25, 0.3) is 0 Å². The predicted octanol–water partition coefficient (Wildman–Crippen LogP) is 3.68. The van der Waals surface area contributed by atoms with Crippen molar-refractivity contribution in [2.45, 2.75) is 39.2 Å². The number of rotatable bonds is 5. The van der Waals surface area contributed by atoms with Gasteiger partial charge < -0.3 is 14.8 Å². The Kier molecular flexibility index (Phi) is 5.55. The van der Waals surface area contributed by atoms with E-state index in [1.165, 1.54) is 12.8 Å². The van der Waals surface area contributed by atoms with Crippen LogP contribution in [-0.2, 0) is 6.42 Å². The van der Waals surface area contributed by atoms with Crippen LogP contribution in [0.1, 0.15) is 32.3 Å². The third-order valence-electron chi connectivity index (χ3n) is 3.64. The Balaban J connectivity index is 2.25. The molecule has 0 aromatic heterocycles. The summed E-state index contributed by atoms with van der Waals surface area (Å²) in [5.41, 5.74) is 1.16. The lowest BCUT2D eigenvalue weighted by Gasteiger charge is -2.25. The molecule has 0 saturated carbocycles. The normalized spacial score (nSPS) is 16.4. The second kappa shape index (κ2) is 7.19. The van der Waals surface area contributed by atoms with Crippen LogP contribution in [0.3, 0.4) is 0 Å². The summed E-state index contributed by atoms with van der Waals surface area (Å²) in [5.74, 6) is 2.27. The van der Waals surface area contributed by atoms with Gasteiger partial charge in [0.25, 0.3) is 0 Å². The minimum absolute atomic E-state index is 0.122. The number of methoxy groups -OCH3 is 1. The molecule has 0 atom stereocenters. The van der Waals surface area contributed by atoms with Gasteiger partial charge in [0.05, 0.1) is 13.2 Å². The Hall–Kier alpha value is -0.930. The lowest BCUT2D eigenvalue weighted by Crippen LogP contribution is -2.28. The van der Waals surface area contributed by atoms with Crippen LogP contribution in [-0.4, -0.2) is 26.3 Å². The van der Waals surface area contributed by atoms with Gasteiger partial charge in [0.2, 0.25) is 0 Å². The van der Waals surface area contributed by atoms with Crippen molar-refractivity contribution in [3.05, 3.63) is 22.7 Å². The van der Waals surface area contributed by atoms with E-state index in [0.29, 0.717) is 10.9 Å². The maximum absolute atomic E-state index is 6.21. The van der Waals surface area contributed by atoms with E-state index in [1.807, 2.05) is 26.0 Å². The van der Waals surface area contributed by atoms with Crippen LogP contribution < -0.4 is 14.8 Å². The van der Waals surface area contributed by atoms with Crippen molar-refractivity contribution in [3.63, 3.8) is 0 Å². The molecule has 112 valence electrons. The maximum atomic E-state index is 6.21. The second-order valence-corrected chi connectivity index (χ2v) is 6.10. The minimum Gasteiger partial charge on any atom is -0.493 e. The van der Waals surface area contributed by atoms with Crippen LogP contribution in [0.4, 0.5) is 0 Å². The minimum atomic E-state index is 0.122. The van der Waals surface area contributed by atoms with Gasteiger partial charge in [-0.2, -0.15) is 0 Å². The first-order valence-electron chi connectivity index (χ1n) is 7.34. The van der Waals surface area contributed by atoms with Crippen LogP contribution in [0.2, 0.25) is 5.02 Å². The van der Waals surface area contributed by atoms with E-state index in [4.69, 9.17) is 21.1 Å². The quantitative estimate of drug-likeness (QED) is 0.899. The molecule has 1 fully saturated rings. The van der Waals surface area contributed by atoms with Gasteiger partial charge in [-0.15, -0.1) is 0 Å². The second-order valence-electron chi connectivity index (χ2n) is 5.66. The molecule has 1 heterocycles. The molecule has 1 saturated heterocycles. The molecular weight excluding hydrogens is 274 g/mol. The Morgan fingerprint density at radius 1 is 1.30 bits per heavy atom. The highest BCUT2D eigenvalue weighted by molar-refractivity contribution is 6.30. The zero-order valence-corrected chi connectivity index (χ0v) is 13.3. The molecule has 0 bridgehead atoms. The first-order valence-corrected chi connectivity index (χ1v) is 7.71. The summed E-state index contributed by atoms with van der Waals surface area (Å²) >= 11 is 6.21. The summed E-state index contributed by atoms with van der Waals surface area (Å²) in [6, 6.07) is 3.84. The third-order valence-corrected chi connectivity index (χ3v) is 3.86. The summed E-state index contributed by atoms with van der Waals surface area (Å²) < 4.78 is 11.4. The molecule has 1 aromatic carbocycles. The number of piperidine rings is 1. The van der Waals surface area contributed by atoms with Crippen LogP contribution in [0.15, 0.2) is 12.1 Å². The maximum Gasteiger partial charge on any atom is 0.164 e. The van der Waals surface area contributed by atoms with Gasteiger partial charge in [0.15, 0.2) is 11.5 Å². The summed E-state index contributed by atoms with van der Waals surface area (Å²) in [7, 11) is 1.66. The Labute approximate surface area is 126 Å². The molecule has 0 aliphatic carbocycles. The summed E-state index contributed by atoms with van der Waals surface area (Å²) in [6.07, 6.45) is 3.53. The first kappa shape index (κ1) is 15.5. The number of ether oxygens (including phenoxy) is 2. The van der Waals surface area contributed by atoms with Crippen molar-refractivity contribution >= 4 is 11.6 Å². The van der Waals surface area contributed by atoms with Gasteiger partial charge in [-0.25, -0.2) is 0 Å². The van der Waals surface area contributed by atoms with Gasteiger partial charge in [-0.05, 0) is 63.7 Å². The van der Waals surface area contributed by atoms with Crippen molar-refractivity contribution in [1.82, 2.24) is 5.32 Å². The fourth-order valence-electron chi connectivity index (χ4n) is 2.69. The van der Waals surface area contributed by atoms with Gasteiger partial charge in [-0.3, -0.25) is 0 Å². The standard InChI is InChI=1S/C16H24ClNO2/c1-11(2)20-16-13(8-12-4-6-18-7-5-12)9-14(17)10-15(16)19-3/h9-12,18H,4-8H2,1-3H3. The van der Waals surface area contributed by atoms with Crippen LogP contribution in [0, 0.1) is 5.92 Å². The van der Waals surface area contributed by atoms with E-state index in [9.17, 15) is 0 Å². The van der Waals surface area contributed by atoms with Crippen LogP contribution in [0.5, 0.6) is 11.5 Å². The Morgan fingerprint density at radius 2 is 2.00 bits per heavy atom. The number of halogens is 1. The van der Waals surface area contributed by atoms with Crippen LogP contribution >= 0.6 is 11.6 Å². The van der Waals surface area contributed by atoms with E-state index >= 15 is 0 Å². The molecule has 4 heteroatoms. The van der Waals surface area contributed by atoms with Crippen molar-refractivity contribution in [2.24, 2.45) is 5.92 Å². The van der Waals surface area contributed by atoms with Gasteiger partial charge >= 0.3 is 0 Å². The SMILES string of the molecule is COc1cc(Cl)cc(CC2CCNCC2)c1OC(C)C. The monoisotopic (exact) mass is 297 g/mol. The molecule has 0 radical (unpaired) electrons. The summed E-state index contributed by atoms with van der Waals surface area (Å²) in [5, 5.41) is 4.11. The third kappa shape index (κ3) is 4.03. The molecule has 20 heavy (non-hydrogen) atoms. The fourth-order valence-corrected chi connectivity index (χ4v) is 2.92. The van der Waals surface area contributed by atoms with Crippen molar-refractivity contribution in [2.75, 3.05) is 20.2 Å². The molecule has 0 unspecified atom stereocenters. The molecule has 3 nitrogen and oxygen atoms in total. The van der Waals surface area contributed by atoms with Gasteiger partial charge in [-0.1, -0.05) is 11.6 Å². The average Bonchev–Trinajstić information content (AvgIpc) is 2.42. The van der Waals surface area contributed by atoms with Crippen molar-refractivity contribution in [3.8, 4) is 11.5 Å². The topological polar surface area (TPSA) is 30.5 Å². The van der Waals surface area contributed by atoms with E-state index in [2.05, 4.69) is 5.32 Å². The highest BCUT2D eigenvalue weighted by atomic mass is 35.5. The molecular formula is C16H24ClNO2. The Bertz CT molecular complexity index is 442. The van der Waals surface area contributed by atoms with Crippen molar-refractivity contribution < 1.29 is 9.47 Å². The van der Waals surface area contributed by atoms with Gasteiger partial charge in [0, 0.05) is 11.1 Å². The molecule has 0 amide bonds. The van der Waals surface area contributed by atoms with E-state index in [-0.39, 0.29) is 6.10 Å². The molecule has 2 rings (SSSR count). The van der Waals surface area contributed by atoms with Crippen molar-refractivity contribution in [1.29, 1.82) is 0 Å². The average molecular weight is 298 g/mol. The van der Waals surface area contributed by atoms with Gasteiger partial charge in [0.1, 0.15) is 0 Å². The lowest BCUT2D eigenvalue weighted by molar-refractivity contribution is 0.225. The number of benzene rings is 1. The fraction of sp³-hybridized carbons (Fsp3) is 0.625. The molecule has 1 aromatic rings. The molecule has 1 aliphatic heterocycles.